The first-order valence-corrected chi connectivity index (χ1v) is 5.80. The molecule has 0 aliphatic carbocycles. The maximum absolute atomic E-state index is 11.5. The molecule has 0 radical (unpaired) electrons. The standard InChI is InChI=1S/C14H8N2O4/c17-11-7-10(14(20)15-11)8-1-3-9(4-2-8)16-12(18)5-6-13(16)19/h1-7H,(H,15,17,20). The number of rotatable bonds is 2. The van der Waals surface area contributed by atoms with Crippen LogP contribution < -0.4 is 10.2 Å². The topological polar surface area (TPSA) is 83.6 Å². The molecule has 6 heteroatoms. The molecule has 1 aromatic rings. The minimum Gasteiger partial charge on any atom is -0.289 e. The Morgan fingerprint density at radius 2 is 1.45 bits per heavy atom. The van der Waals surface area contributed by atoms with Gasteiger partial charge in [-0.1, -0.05) is 12.1 Å². The molecule has 4 amide bonds. The highest BCUT2D eigenvalue weighted by atomic mass is 16.2. The Kier molecular flexibility index (Phi) is 2.57. The summed E-state index contributed by atoms with van der Waals surface area (Å²) in [7, 11) is 0. The molecule has 1 N–H and O–H groups in total. The first-order chi connectivity index (χ1) is 9.56. The summed E-state index contributed by atoms with van der Waals surface area (Å²) in [5.41, 5.74) is 1.22. The van der Waals surface area contributed by atoms with Crippen molar-refractivity contribution >= 4 is 34.9 Å². The number of carbonyl (C=O) groups excluding carboxylic acids is 4. The fourth-order valence-corrected chi connectivity index (χ4v) is 2.07. The lowest BCUT2D eigenvalue weighted by atomic mass is 10.1. The van der Waals surface area contributed by atoms with Crippen LogP contribution in [-0.4, -0.2) is 23.6 Å². The first kappa shape index (κ1) is 12.0. The lowest BCUT2D eigenvalue weighted by molar-refractivity contribution is -0.123. The van der Waals surface area contributed by atoms with Crippen molar-refractivity contribution < 1.29 is 19.2 Å². The number of nitrogens with one attached hydrogen (secondary N) is 1. The van der Waals surface area contributed by atoms with Crippen molar-refractivity contribution in [3.63, 3.8) is 0 Å². The molecule has 0 fully saturated rings. The summed E-state index contributed by atoms with van der Waals surface area (Å²) >= 11 is 0. The average Bonchev–Trinajstić information content (AvgIpc) is 2.93. The van der Waals surface area contributed by atoms with Crippen LogP contribution in [0.1, 0.15) is 5.56 Å². The normalized spacial score (nSPS) is 17.8. The zero-order chi connectivity index (χ0) is 14.3. The summed E-state index contributed by atoms with van der Waals surface area (Å²) < 4.78 is 0. The lowest BCUT2D eigenvalue weighted by Crippen LogP contribution is -2.29. The van der Waals surface area contributed by atoms with Crippen LogP contribution in [0.5, 0.6) is 0 Å². The van der Waals surface area contributed by atoms with Gasteiger partial charge in [-0.25, -0.2) is 4.90 Å². The number of hydrogen-bond acceptors (Lipinski definition) is 4. The van der Waals surface area contributed by atoms with Gasteiger partial charge in [0.25, 0.3) is 23.6 Å². The molecule has 0 saturated heterocycles. The van der Waals surface area contributed by atoms with Gasteiger partial charge < -0.3 is 0 Å². The van der Waals surface area contributed by atoms with Gasteiger partial charge in [0.05, 0.1) is 11.3 Å². The second-order valence-electron chi connectivity index (χ2n) is 4.27. The summed E-state index contributed by atoms with van der Waals surface area (Å²) in [4.78, 5) is 46.7. The third-order valence-corrected chi connectivity index (χ3v) is 3.00. The highest BCUT2D eigenvalue weighted by Gasteiger charge is 2.26. The molecular formula is C14H8N2O4. The average molecular weight is 268 g/mol. The molecule has 0 atom stereocenters. The summed E-state index contributed by atoms with van der Waals surface area (Å²) in [5.74, 6) is -1.73. The predicted molar refractivity (Wildman–Crippen MR) is 69.2 cm³/mol. The fourth-order valence-electron chi connectivity index (χ4n) is 2.07. The molecule has 98 valence electrons. The number of amides is 4. The van der Waals surface area contributed by atoms with Crippen LogP contribution in [-0.2, 0) is 19.2 Å². The Hall–Kier alpha value is -3.02. The van der Waals surface area contributed by atoms with E-state index in [0.717, 1.165) is 4.90 Å². The molecule has 20 heavy (non-hydrogen) atoms. The molecular weight excluding hydrogens is 260 g/mol. The molecule has 3 rings (SSSR count). The second-order valence-corrected chi connectivity index (χ2v) is 4.27. The van der Waals surface area contributed by atoms with Gasteiger partial charge in [-0.05, 0) is 17.7 Å². The van der Waals surface area contributed by atoms with E-state index in [2.05, 4.69) is 5.32 Å². The number of hydrogen-bond donors (Lipinski definition) is 1. The number of benzene rings is 1. The highest BCUT2D eigenvalue weighted by molar-refractivity contribution is 6.33. The molecule has 2 aliphatic heterocycles. The molecule has 0 saturated carbocycles. The van der Waals surface area contributed by atoms with Gasteiger partial charge in [-0.2, -0.15) is 0 Å². The van der Waals surface area contributed by atoms with Gasteiger partial charge in [0.15, 0.2) is 0 Å². The SMILES string of the molecule is O=C1C=C(c2ccc(N3C(=O)C=CC3=O)cc2)C(=O)N1. The van der Waals surface area contributed by atoms with Crippen molar-refractivity contribution in [1.29, 1.82) is 0 Å². The summed E-state index contributed by atoms with van der Waals surface area (Å²) in [5, 5.41) is 2.15. The zero-order valence-corrected chi connectivity index (χ0v) is 10.1. The zero-order valence-electron chi connectivity index (χ0n) is 10.1. The van der Waals surface area contributed by atoms with Crippen molar-refractivity contribution in [3.8, 4) is 0 Å². The molecule has 0 bridgehead atoms. The summed E-state index contributed by atoms with van der Waals surface area (Å²) in [6.07, 6.45) is 3.61. The molecule has 2 aliphatic rings. The third kappa shape index (κ3) is 1.83. The van der Waals surface area contributed by atoms with E-state index >= 15 is 0 Å². The Balaban J connectivity index is 1.91. The van der Waals surface area contributed by atoms with Crippen molar-refractivity contribution in [2.75, 3.05) is 4.90 Å². The van der Waals surface area contributed by atoms with Gasteiger partial charge in [0.1, 0.15) is 0 Å². The minimum absolute atomic E-state index is 0.263. The Bertz CT molecular complexity index is 695. The van der Waals surface area contributed by atoms with Gasteiger partial charge in [-0.15, -0.1) is 0 Å². The summed E-state index contributed by atoms with van der Waals surface area (Å²) in [6.45, 7) is 0. The Morgan fingerprint density at radius 3 is 1.95 bits per heavy atom. The molecule has 0 aromatic heterocycles. The second kappa shape index (κ2) is 4.27. The lowest BCUT2D eigenvalue weighted by Gasteiger charge is -2.14. The van der Waals surface area contributed by atoms with Crippen LogP contribution in [0.2, 0.25) is 0 Å². The van der Waals surface area contributed by atoms with E-state index < -0.39 is 23.6 Å². The molecule has 1 aromatic carbocycles. The quantitative estimate of drug-likeness (QED) is 0.774. The van der Waals surface area contributed by atoms with E-state index in [0.29, 0.717) is 11.3 Å². The molecule has 0 unspecified atom stereocenters. The van der Waals surface area contributed by atoms with E-state index in [1.165, 1.54) is 18.2 Å². The van der Waals surface area contributed by atoms with E-state index in [-0.39, 0.29) is 5.57 Å². The van der Waals surface area contributed by atoms with Crippen LogP contribution >= 0.6 is 0 Å². The van der Waals surface area contributed by atoms with Crippen molar-refractivity contribution in [2.24, 2.45) is 0 Å². The van der Waals surface area contributed by atoms with E-state index in [1.54, 1.807) is 24.3 Å². The largest absolute Gasteiger partial charge is 0.289 e. The van der Waals surface area contributed by atoms with Gasteiger partial charge in [0, 0.05) is 18.2 Å². The first-order valence-electron chi connectivity index (χ1n) is 5.80. The third-order valence-electron chi connectivity index (χ3n) is 3.00. The molecule has 2 heterocycles. The maximum atomic E-state index is 11.5. The number of imide groups is 2. The molecule has 6 nitrogen and oxygen atoms in total. The van der Waals surface area contributed by atoms with Crippen LogP contribution in [0.25, 0.3) is 5.57 Å². The smallest absolute Gasteiger partial charge is 0.258 e. The number of anilines is 1. The van der Waals surface area contributed by atoms with E-state index in [9.17, 15) is 19.2 Å². The van der Waals surface area contributed by atoms with E-state index in [4.69, 9.17) is 0 Å². The predicted octanol–water partition coefficient (Wildman–Crippen LogP) is 0.156. The fraction of sp³-hybridized carbons (Fsp3) is 0. The minimum atomic E-state index is -0.460. The van der Waals surface area contributed by atoms with Crippen LogP contribution in [0.15, 0.2) is 42.5 Å². The number of nitrogens with zero attached hydrogens (tertiary/aromatic N) is 1. The van der Waals surface area contributed by atoms with Crippen LogP contribution in [0.4, 0.5) is 5.69 Å². The number of carbonyl (C=O) groups is 4. The van der Waals surface area contributed by atoms with E-state index in [1.807, 2.05) is 0 Å². The van der Waals surface area contributed by atoms with Crippen molar-refractivity contribution in [1.82, 2.24) is 5.32 Å². The highest BCUT2D eigenvalue weighted by Crippen LogP contribution is 2.24. The molecule has 0 spiro atoms. The Morgan fingerprint density at radius 1 is 0.850 bits per heavy atom. The van der Waals surface area contributed by atoms with Crippen LogP contribution in [0.3, 0.4) is 0 Å². The Labute approximate surface area is 113 Å². The summed E-state index contributed by atoms with van der Waals surface area (Å²) in [6, 6.07) is 6.26. The van der Waals surface area contributed by atoms with Gasteiger partial charge in [0.2, 0.25) is 0 Å². The van der Waals surface area contributed by atoms with Crippen molar-refractivity contribution in [2.45, 2.75) is 0 Å². The van der Waals surface area contributed by atoms with Crippen LogP contribution in [0, 0.1) is 0 Å². The van der Waals surface area contributed by atoms with Gasteiger partial charge >= 0.3 is 0 Å². The van der Waals surface area contributed by atoms with Crippen molar-refractivity contribution in [3.05, 3.63) is 48.1 Å². The van der Waals surface area contributed by atoms with Gasteiger partial charge in [-0.3, -0.25) is 24.5 Å². The monoisotopic (exact) mass is 268 g/mol. The maximum Gasteiger partial charge on any atom is 0.258 e.